The highest BCUT2D eigenvalue weighted by molar-refractivity contribution is 9.10. The van der Waals surface area contributed by atoms with Crippen molar-refractivity contribution in [2.75, 3.05) is 6.54 Å². The number of hydrogen-bond donors (Lipinski definition) is 1. The summed E-state index contributed by atoms with van der Waals surface area (Å²) in [5, 5.41) is 6.79. The van der Waals surface area contributed by atoms with E-state index < -0.39 is 0 Å². The molecule has 1 unspecified atom stereocenters. The summed E-state index contributed by atoms with van der Waals surface area (Å²) in [7, 11) is 0. The molecular weight excluding hydrogens is 332 g/mol. The molecule has 0 fully saturated rings. The second kappa shape index (κ2) is 6.04. The maximum Gasteiger partial charge on any atom is 0.0856 e. The zero-order chi connectivity index (χ0) is 13.9. The van der Waals surface area contributed by atoms with E-state index in [1.165, 1.54) is 4.88 Å². The lowest BCUT2D eigenvalue weighted by atomic mass is 10.1. The van der Waals surface area contributed by atoms with E-state index in [9.17, 15) is 0 Å². The summed E-state index contributed by atoms with van der Waals surface area (Å²) in [5.74, 6) is 0. The Labute approximate surface area is 131 Å². The van der Waals surface area contributed by atoms with E-state index in [4.69, 9.17) is 4.98 Å². The number of rotatable bonds is 4. The molecule has 4 heteroatoms. The van der Waals surface area contributed by atoms with E-state index in [0.717, 1.165) is 27.6 Å². The number of aromatic nitrogens is 1. The van der Waals surface area contributed by atoms with Crippen LogP contribution in [0.4, 0.5) is 0 Å². The van der Waals surface area contributed by atoms with Gasteiger partial charge in [0.05, 0.1) is 17.3 Å². The quantitative estimate of drug-likeness (QED) is 0.736. The van der Waals surface area contributed by atoms with Gasteiger partial charge in [0.25, 0.3) is 0 Å². The minimum Gasteiger partial charge on any atom is -0.305 e. The van der Waals surface area contributed by atoms with Crippen molar-refractivity contribution in [3.8, 4) is 0 Å². The Hall–Kier alpha value is -1.23. The number of halogens is 1. The van der Waals surface area contributed by atoms with Crippen molar-refractivity contribution in [1.29, 1.82) is 0 Å². The summed E-state index contributed by atoms with van der Waals surface area (Å²) >= 11 is 5.43. The Morgan fingerprint density at radius 2 is 2.10 bits per heavy atom. The number of benzene rings is 1. The van der Waals surface area contributed by atoms with E-state index >= 15 is 0 Å². The van der Waals surface area contributed by atoms with Gasteiger partial charge in [-0.15, -0.1) is 11.3 Å². The lowest BCUT2D eigenvalue weighted by Gasteiger charge is -2.18. The summed E-state index contributed by atoms with van der Waals surface area (Å²) in [6.07, 6.45) is 0. The summed E-state index contributed by atoms with van der Waals surface area (Å²) in [6, 6.07) is 14.7. The number of nitrogens with one attached hydrogen (secondary N) is 1. The van der Waals surface area contributed by atoms with E-state index in [2.05, 4.69) is 63.9 Å². The van der Waals surface area contributed by atoms with Crippen LogP contribution < -0.4 is 5.32 Å². The molecular formula is C16H15BrN2S. The predicted molar refractivity (Wildman–Crippen MR) is 89.3 cm³/mol. The third-order valence-electron chi connectivity index (χ3n) is 3.21. The first-order chi connectivity index (χ1) is 9.79. The molecule has 1 atom stereocenters. The molecule has 0 saturated heterocycles. The van der Waals surface area contributed by atoms with Crippen molar-refractivity contribution in [2.24, 2.45) is 0 Å². The number of hydrogen-bond acceptors (Lipinski definition) is 3. The zero-order valence-electron chi connectivity index (χ0n) is 11.1. The molecule has 3 aromatic rings. The van der Waals surface area contributed by atoms with Crippen LogP contribution in [-0.4, -0.2) is 11.5 Å². The zero-order valence-corrected chi connectivity index (χ0v) is 13.5. The molecule has 102 valence electrons. The minimum absolute atomic E-state index is 0.138. The van der Waals surface area contributed by atoms with Crippen LogP contribution in [0.15, 0.2) is 52.3 Å². The molecule has 0 bridgehead atoms. The van der Waals surface area contributed by atoms with Crippen LogP contribution in [-0.2, 0) is 0 Å². The molecule has 3 rings (SSSR count). The number of fused-ring (bicyclic) bond motifs is 1. The highest BCUT2D eigenvalue weighted by Gasteiger charge is 2.19. The maximum atomic E-state index is 4.85. The van der Waals surface area contributed by atoms with Crippen LogP contribution in [0, 0.1) is 0 Å². The predicted octanol–water partition coefficient (Wildman–Crippen LogP) is 4.76. The van der Waals surface area contributed by atoms with Crippen LogP contribution in [0.5, 0.6) is 0 Å². The molecule has 0 spiro atoms. The summed E-state index contributed by atoms with van der Waals surface area (Å²) in [5.41, 5.74) is 2.08. The molecule has 0 saturated carbocycles. The molecule has 2 nitrogen and oxygen atoms in total. The van der Waals surface area contributed by atoms with E-state index in [1.807, 2.05) is 12.1 Å². The van der Waals surface area contributed by atoms with Gasteiger partial charge in [-0.3, -0.25) is 0 Å². The Morgan fingerprint density at radius 1 is 1.25 bits per heavy atom. The number of nitrogens with zero attached hydrogens (tertiary/aromatic N) is 1. The largest absolute Gasteiger partial charge is 0.305 e. The van der Waals surface area contributed by atoms with Crippen LogP contribution in [0.25, 0.3) is 10.9 Å². The molecule has 0 aliphatic heterocycles. The van der Waals surface area contributed by atoms with Gasteiger partial charge in [0.2, 0.25) is 0 Å². The molecule has 0 aliphatic carbocycles. The fourth-order valence-corrected chi connectivity index (χ4v) is 3.67. The van der Waals surface area contributed by atoms with E-state index in [0.29, 0.717) is 0 Å². The highest BCUT2D eigenvalue weighted by atomic mass is 79.9. The Balaban J connectivity index is 2.13. The summed E-state index contributed by atoms with van der Waals surface area (Å²) in [6.45, 7) is 3.03. The van der Waals surface area contributed by atoms with Gasteiger partial charge in [0, 0.05) is 14.7 Å². The van der Waals surface area contributed by atoms with Gasteiger partial charge in [-0.1, -0.05) is 31.2 Å². The lowest BCUT2D eigenvalue weighted by Crippen LogP contribution is -2.22. The van der Waals surface area contributed by atoms with Crippen molar-refractivity contribution in [1.82, 2.24) is 10.3 Å². The average molecular weight is 347 g/mol. The average Bonchev–Trinajstić information content (AvgIpc) is 2.98. The summed E-state index contributed by atoms with van der Waals surface area (Å²) < 4.78 is 1.05. The lowest BCUT2D eigenvalue weighted by molar-refractivity contribution is 0.624. The van der Waals surface area contributed by atoms with E-state index in [-0.39, 0.29) is 6.04 Å². The fraction of sp³-hybridized carbons (Fsp3) is 0.188. The van der Waals surface area contributed by atoms with Crippen molar-refractivity contribution in [3.63, 3.8) is 0 Å². The van der Waals surface area contributed by atoms with Crippen molar-refractivity contribution < 1.29 is 0 Å². The molecule has 0 aliphatic rings. The fourth-order valence-electron chi connectivity index (χ4n) is 2.30. The molecule has 1 N–H and O–H groups in total. The van der Waals surface area contributed by atoms with Crippen molar-refractivity contribution >= 4 is 38.2 Å². The second-order valence-corrected chi connectivity index (χ2v) is 6.39. The third-order valence-corrected chi connectivity index (χ3v) is 4.79. The Bertz CT molecular complexity index is 710. The second-order valence-electron chi connectivity index (χ2n) is 4.55. The first-order valence-electron chi connectivity index (χ1n) is 6.61. The first-order valence-corrected chi connectivity index (χ1v) is 8.29. The Morgan fingerprint density at radius 3 is 2.85 bits per heavy atom. The molecule has 2 heterocycles. The normalized spacial score (nSPS) is 12.7. The van der Waals surface area contributed by atoms with Gasteiger partial charge in [0.15, 0.2) is 0 Å². The molecule has 20 heavy (non-hydrogen) atoms. The first kappa shape index (κ1) is 13.7. The highest BCUT2D eigenvalue weighted by Crippen LogP contribution is 2.31. The van der Waals surface area contributed by atoms with Gasteiger partial charge in [0.1, 0.15) is 0 Å². The SMILES string of the molecule is CCNC(c1cccs1)c1nc2ccccc2cc1Br. The standard InChI is InChI=1S/C16H15BrN2S/c1-2-18-16(14-8-5-9-20-14)15-12(17)10-11-6-3-4-7-13(11)19-15/h3-10,16,18H,2H2,1H3. The monoisotopic (exact) mass is 346 g/mol. The number of pyridine rings is 1. The van der Waals surface area contributed by atoms with Crippen LogP contribution in [0.1, 0.15) is 23.5 Å². The summed E-state index contributed by atoms with van der Waals surface area (Å²) in [4.78, 5) is 6.13. The van der Waals surface area contributed by atoms with Gasteiger partial charge in [-0.25, -0.2) is 4.98 Å². The smallest absolute Gasteiger partial charge is 0.0856 e. The van der Waals surface area contributed by atoms with Crippen LogP contribution in [0.2, 0.25) is 0 Å². The molecule has 1 aromatic carbocycles. The van der Waals surface area contributed by atoms with Crippen molar-refractivity contribution in [2.45, 2.75) is 13.0 Å². The van der Waals surface area contributed by atoms with E-state index in [1.54, 1.807) is 11.3 Å². The molecule has 0 radical (unpaired) electrons. The minimum atomic E-state index is 0.138. The maximum absolute atomic E-state index is 4.85. The Kier molecular flexibility index (Phi) is 4.15. The van der Waals surface area contributed by atoms with Crippen LogP contribution >= 0.6 is 27.3 Å². The van der Waals surface area contributed by atoms with Gasteiger partial charge in [-0.2, -0.15) is 0 Å². The van der Waals surface area contributed by atoms with Gasteiger partial charge >= 0.3 is 0 Å². The van der Waals surface area contributed by atoms with Gasteiger partial charge in [-0.05, 0) is 46.1 Å². The topological polar surface area (TPSA) is 24.9 Å². The van der Waals surface area contributed by atoms with Gasteiger partial charge < -0.3 is 5.32 Å². The van der Waals surface area contributed by atoms with Crippen LogP contribution in [0.3, 0.4) is 0 Å². The number of para-hydroxylation sites is 1. The molecule has 0 amide bonds. The third kappa shape index (κ3) is 2.64. The molecule has 2 aromatic heterocycles. The number of thiophene rings is 1. The van der Waals surface area contributed by atoms with Crippen molar-refractivity contribution in [3.05, 3.63) is 62.9 Å².